The second kappa shape index (κ2) is 60.1. The van der Waals surface area contributed by atoms with Crippen LogP contribution in [-0.4, -0.2) is 24.8 Å². The minimum atomic E-state index is -1.00. The monoisotopic (exact) mass is 1020 g/mol. The highest BCUT2D eigenvalue weighted by molar-refractivity contribution is 5.17. The molecule has 0 N–H and O–H groups in total. The van der Waals surface area contributed by atoms with E-state index in [9.17, 15) is 0 Å². The molecule has 3 nitrogen and oxygen atoms in total. The van der Waals surface area contributed by atoms with Gasteiger partial charge in [0.05, 0.1) is 0 Å². The highest BCUT2D eigenvalue weighted by Gasteiger charge is 2.37. The van der Waals surface area contributed by atoms with Crippen LogP contribution in [0.3, 0.4) is 0 Å². The van der Waals surface area contributed by atoms with Crippen LogP contribution in [0.5, 0.6) is 0 Å². The Bertz CT molecular complexity index is 987. The van der Waals surface area contributed by atoms with E-state index in [4.69, 9.17) is 14.2 Å². The Morgan fingerprint density at radius 3 is 0.507 bits per heavy atom. The van der Waals surface area contributed by atoms with Crippen molar-refractivity contribution in [1.29, 1.82) is 0 Å². The van der Waals surface area contributed by atoms with Gasteiger partial charge in [-0.1, -0.05) is 335 Å². The average molecular weight is 1020 g/mol. The van der Waals surface area contributed by atoms with Crippen LogP contribution >= 0.6 is 0 Å². The van der Waals surface area contributed by atoms with Gasteiger partial charge in [0.25, 0.3) is 0 Å². The van der Waals surface area contributed by atoms with E-state index in [1.54, 1.807) is 0 Å². The topological polar surface area (TPSA) is 27.7 Å². The SMILES string of the molecule is CCCCCCCCCCCCCCC=CC(C=CCCCCCCCCCCCCCC)(OCC)OC(C=CCCCCCCCCCCCCCC)(C=CCCCCCCCCCCCCCC)OCC. The van der Waals surface area contributed by atoms with E-state index in [-0.39, 0.29) is 0 Å². The van der Waals surface area contributed by atoms with Crippen molar-refractivity contribution in [3.05, 3.63) is 48.6 Å². The first kappa shape index (κ1) is 71.8. The number of hydrogen-bond donors (Lipinski definition) is 0. The molecule has 0 fully saturated rings. The molecular weight excluding hydrogens is 889 g/mol. The zero-order chi connectivity index (χ0) is 53.0. The first-order chi connectivity index (χ1) is 36.1. The van der Waals surface area contributed by atoms with Crippen LogP contribution in [0.1, 0.15) is 375 Å². The molecule has 0 atom stereocenters. The van der Waals surface area contributed by atoms with Gasteiger partial charge in [-0.3, -0.25) is 0 Å². The molecule has 0 amide bonds. The molecule has 0 aromatic carbocycles. The molecule has 0 heterocycles. The van der Waals surface area contributed by atoms with E-state index in [0.29, 0.717) is 13.2 Å². The van der Waals surface area contributed by atoms with Crippen molar-refractivity contribution in [3.63, 3.8) is 0 Å². The largest absolute Gasteiger partial charge is 0.343 e. The molecule has 432 valence electrons. The second-order valence-electron chi connectivity index (χ2n) is 22.7. The number of ether oxygens (including phenoxy) is 3. The fourth-order valence-corrected chi connectivity index (χ4v) is 10.6. The lowest BCUT2D eigenvalue weighted by molar-refractivity contribution is -0.282. The minimum absolute atomic E-state index is 0.569. The molecule has 73 heavy (non-hydrogen) atoms. The molecule has 0 rings (SSSR count). The summed E-state index contributed by atoms with van der Waals surface area (Å²) in [6.45, 7) is 14.6. The van der Waals surface area contributed by atoms with E-state index < -0.39 is 11.6 Å². The van der Waals surface area contributed by atoms with Gasteiger partial charge in [-0.2, -0.15) is 0 Å². The molecular formula is C70H134O3. The third-order valence-corrected chi connectivity index (χ3v) is 15.4. The van der Waals surface area contributed by atoms with Crippen molar-refractivity contribution in [2.45, 2.75) is 387 Å². The second-order valence-corrected chi connectivity index (χ2v) is 22.7. The van der Waals surface area contributed by atoms with E-state index in [1.165, 1.54) is 308 Å². The summed E-state index contributed by atoms with van der Waals surface area (Å²) in [5, 5.41) is 0. The lowest BCUT2D eigenvalue weighted by atomic mass is 10.0. The van der Waals surface area contributed by atoms with Crippen LogP contribution in [0.4, 0.5) is 0 Å². The maximum Gasteiger partial charge on any atom is 0.211 e. The number of unbranched alkanes of at least 4 members (excludes halogenated alkanes) is 48. The summed E-state index contributed by atoms with van der Waals surface area (Å²) in [4.78, 5) is 0. The van der Waals surface area contributed by atoms with Gasteiger partial charge < -0.3 is 14.2 Å². The Hall–Kier alpha value is -1.16. The lowest BCUT2D eigenvalue weighted by Gasteiger charge is -2.37. The standard InChI is InChI=1S/C70H134O3/c1-7-13-17-21-25-29-33-37-41-45-49-53-57-61-65-69(71-11-5,66-62-58-54-50-46-42-38-34-30-26-22-18-14-8-2)73-70(72-12-6,67-63-59-55-51-47-43-39-35-31-27-23-19-15-9-3)68-64-60-56-52-48-44-40-36-32-28-24-20-16-10-4/h61-68H,7-60H2,1-6H3. The van der Waals surface area contributed by atoms with Crippen molar-refractivity contribution in [2.24, 2.45) is 0 Å². The van der Waals surface area contributed by atoms with Crippen LogP contribution in [0.15, 0.2) is 48.6 Å². The molecule has 0 unspecified atom stereocenters. The van der Waals surface area contributed by atoms with Crippen LogP contribution < -0.4 is 0 Å². The molecule has 3 heteroatoms. The van der Waals surface area contributed by atoms with Crippen LogP contribution in [0, 0.1) is 0 Å². The van der Waals surface area contributed by atoms with E-state index in [0.717, 1.165) is 25.7 Å². The number of rotatable bonds is 62. The Morgan fingerprint density at radius 1 is 0.205 bits per heavy atom. The van der Waals surface area contributed by atoms with Gasteiger partial charge in [-0.05, 0) is 89.5 Å². The van der Waals surface area contributed by atoms with Crippen LogP contribution in [0.2, 0.25) is 0 Å². The first-order valence-electron chi connectivity index (χ1n) is 33.8. The van der Waals surface area contributed by atoms with Crippen molar-refractivity contribution >= 4 is 0 Å². The maximum absolute atomic E-state index is 7.37. The average Bonchev–Trinajstić information content (AvgIpc) is 3.39. The van der Waals surface area contributed by atoms with Gasteiger partial charge in [0, 0.05) is 13.2 Å². The zero-order valence-electron chi connectivity index (χ0n) is 51.0. The molecule has 0 aromatic rings. The van der Waals surface area contributed by atoms with E-state index >= 15 is 0 Å². The summed E-state index contributed by atoms with van der Waals surface area (Å²) in [7, 11) is 0. The number of hydrogen-bond acceptors (Lipinski definition) is 3. The molecule has 0 aliphatic rings. The van der Waals surface area contributed by atoms with Crippen molar-refractivity contribution in [3.8, 4) is 0 Å². The lowest BCUT2D eigenvalue weighted by Crippen LogP contribution is -2.44. The highest BCUT2D eigenvalue weighted by Crippen LogP contribution is 2.31. The van der Waals surface area contributed by atoms with Crippen molar-refractivity contribution in [2.75, 3.05) is 13.2 Å². The van der Waals surface area contributed by atoms with Gasteiger partial charge in [0.2, 0.25) is 11.6 Å². The van der Waals surface area contributed by atoms with Crippen molar-refractivity contribution < 1.29 is 14.2 Å². The van der Waals surface area contributed by atoms with Gasteiger partial charge in [0.15, 0.2) is 0 Å². The Balaban J connectivity index is 5.88. The minimum Gasteiger partial charge on any atom is -0.343 e. The van der Waals surface area contributed by atoms with Gasteiger partial charge in [0.1, 0.15) is 0 Å². The zero-order valence-corrected chi connectivity index (χ0v) is 51.0. The molecule has 0 radical (unpaired) electrons. The Morgan fingerprint density at radius 2 is 0.356 bits per heavy atom. The molecule has 0 aromatic heterocycles. The van der Waals surface area contributed by atoms with E-state index in [1.807, 2.05) is 0 Å². The summed E-state index contributed by atoms with van der Waals surface area (Å²) < 4.78 is 20.9. The smallest absolute Gasteiger partial charge is 0.211 e. The fourth-order valence-electron chi connectivity index (χ4n) is 10.6. The summed E-state index contributed by atoms with van der Waals surface area (Å²) in [5.74, 6) is -2.00. The third kappa shape index (κ3) is 51.4. The van der Waals surface area contributed by atoms with Crippen molar-refractivity contribution in [1.82, 2.24) is 0 Å². The molecule has 0 saturated carbocycles. The Kier molecular flexibility index (Phi) is 59.1. The molecule has 0 aliphatic heterocycles. The van der Waals surface area contributed by atoms with Crippen LogP contribution in [-0.2, 0) is 14.2 Å². The molecule has 0 saturated heterocycles. The quantitative estimate of drug-likeness (QED) is 0.0345. The molecule has 0 bridgehead atoms. The fraction of sp³-hybridized carbons (Fsp3) is 0.886. The number of allylic oxidation sites excluding steroid dienone is 4. The predicted octanol–water partition coefficient (Wildman–Crippen LogP) is 25.1. The van der Waals surface area contributed by atoms with Gasteiger partial charge >= 0.3 is 0 Å². The molecule has 0 spiro atoms. The predicted molar refractivity (Wildman–Crippen MR) is 329 cm³/mol. The summed E-state index contributed by atoms with van der Waals surface area (Å²) in [5.41, 5.74) is 0. The highest BCUT2D eigenvalue weighted by atomic mass is 16.8. The van der Waals surface area contributed by atoms with Crippen LogP contribution in [0.25, 0.3) is 0 Å². The summed E-state index contributed by atoms with van der Waals surface area (Å²) in [6.07, 6.45) is 88.5. The summed E-state index contributed by atoms with van der Waals surface area (Å²) >= 11 is 0. The first-order valence-corrected chi connectivity index (χ1v) is 33.8. The maximum atomic E-state index is 7.37. The van der Waals surface area contributed by atoms with Gasteiger partial charge in [-0.25, -0.2) is 0 Å². The Labute approximate surface area is 461 Å². The normalized spacial score (nSPS) is 14.0. The molecule has 0 aliphatic carbocycles. The van der Waals surface area contributed by atoms with E-state index in [2.05, 4.69) is 90.2 Å². The third-order valence-electron chi connectivity index (χ3n) is 15.4. The summed E-state index contributed by atoms with van der Waals surface area (Å²) in [6, 6.07) is 0. The van der Waals surface area contributed by atoms with Gasteiger partial charge in [-0.15, -0.1) is 0 Å².